The molecule has 6 heteroatoms. The molecule has 0 aliphatic carbocycles. The van der Waals surface area contributed by atoms with Crippen LogP contribution in [-0.2, 0) is 11.3 Å². The van der Waals surface area contributed by atoms with Crippen LogP contribution >= 0.6 is 27.3 Å². The number of halogens is 1. The van der Waals surface area contributed by atoms with Crippen molar-refractivity contribution in [2.24, 2.45) is 5.92 Å². The summed E-state index contributed by atoms with van der Waals surface area (Å²) in [6.45, 7) is 9.06. The first kappa shape index (κ1) is 16.8. The molecule has 1 aliphatic heterocycles. The second-order valence-corrected chi connectivity index (χ2v) is 8.34. The number of nitrogens with zero attached hydrogens (tertiary/aromatic N) is 2. The number of carbonyl (C=O) groups excluding carboxylic acids is 1. The molecule has 21 heavy (non-hydrogen) atoms. The van der Waals surface area contributed by atoms with Gasteiger partial charge in [0.15, 0.2) is 0 Å². The summed E-state index contributed by atoms with van der Waals surface area (Å²) in [5.41, 5.74) is 0. The maximum absolute atomic E-state index is 12.0. The normalized spacial score (nSPS) is 17.0. The van der Waals surface area contributed by atoms with Crippen molar-refractivity contribution in [1.29, 1.82) is 0 Å². The topological polar surface area (TPSA) is 32.8 Å². The molecule has 118 valence electrons. The lowest BCUT2D eigenvalue weighted by Crippen LogP contribution is -2.36. The highest BCUT2D eigenvalue weighted by Gasteiger charge is 2.20. The number of amides is 1. The van der Waals surface area contributed by atoms with Gasteiger partial charge < -0.3 is 9.64 Å². The van der Waals surface area contributed by atoms with Gasteiger partial charge in [0.2, 0.25) is 0 Å². The van der Waals surface area contributed by atoms with E-state index in [0.717, 1.165) is 39.1 Å². The maximum Gasteiger partial charge on any atom is 0.409 e. The number of hydrogen-bond acceptors (Lipinski definition) is 4. The fourth-order valence-electron chi connectivity index (χ4n) is 2.30. The van der Waals surface area contributed by atoms with Gasteiger partial charge in [0.1, 0.15) is 0 Å². The third-order valence-corrected chi connectivity index (χ3v) is 5.00. The van der Waals surface area contributed by atoms with Crippen molar-refractivity contribution in [3.8, 4) is 0 Å². The number of carbonyl (C=O) groups is 1. The van der Waals surface area contributed by atoms with Gasteiger partial charge in [-0.3, -0.25) is 4.90 Å². The van der Waals surface area contributed by atoms with Crippen LogP contribution in [0.1, 0.15) is 25.1 Å². The van der Waals surface area contributed by atoms with Gasteiger partial charge in [-0.25, -0.2) is 4.79 Å². The fourth-order valence-corrected chi connectivity index (χ4v) is 3.82. The van der Waals surface area contributed by atoms with Crippen LogP contribution in [0.4, 0.5) is 4.79 Å². The van der Waals surface area contributed by atoms with Crippen molar-refractivity contribution in [3.05, 3.63) is 20.8 Å². The summed E-state index contributed by atoms with van der Waals surface area (Å²) in [5.74, 6) is 0.384. The molecule has 0 saturated carbocycles. The van der Waals surface area contributed by atoms with E-state index < -0.39 is 0 Å². The smallest absolute Gasteiger partial charge is 0.409 e. The van der Waals surface area contributed by atoms with E-state index in [1.807, 2.05) is 4.90 Å². The SMILES string of the molecule is CC(C)COC(=O)N1CCCN(Cc2ccc(Br)s2)CC1. The van der Waals surface area contributed by atoms with Crippen LogP contribution in [0.5, 0.6) is 0 Å². The summed E-state index contributed by atoms with van der Waals surface area (Å²) in [6, 6.07) is 4.25. The van der Waals surface area contributed by atoms with Gasteiger partial charge in [0, 0.05) is 37.6 Å². The molecule has 2 heterocycles. The molecule has 1 aliphatic rings. The number of ether oxygens (including phenoxy) is 1. The second-order valence-electron chi connectivity index (χ2n) is 5.79. The highest BCUT2D eigenvalue weighted by molar-refractivity contribution is 9.11. The van der Waals surface area contributed by atoms with Gasteiger partial charge in [0.25, 0.3) is 0 Å². The molecule has 1 aromatic rings. The van der Waals surface area contributed by atoms with E-state index in [4.69, 9.17) is 4.74 Å². The highest BCUT2D eigenvalue weighted by Crippen LogP contribution is 2.23. The summed E-state index contributed by atoms with van der Waals surface area (Å²) in [7, 11) is 0. The molecule has 0 unspecified atom stereocenters. The molecule has 0 aromatic carbocycles. The zero-order valence-electron chi connectivity index (χ0n) is 12.7. The average molecular weight is 375 g/mol. The third kappa shape index (κ3) is 5.60. The minimum atomic E-state index is -0.163. The Balaban J connectivity index is 1.80. The van der Waals surface area contributed by atoms with Crippen LogP contribution in [0.2, 0.25) is 0 Å². The molecule has 0 radical (unpaired) electrons. The molecule has 1 fully saturated rings. The Morgan fingerprint density at radius 2 is 2.14 bits per heavy atom. The van der Waals surface area contributed by atoms with Crippen LogP contribution in [0.25, 0.3) is 0 Å². The van der Waals surface area contributed by atoms with Gasteiger partial charge in [-0.05, 0) is 40.4 Å². The fraction of sp³-hybridized carbons (Fsp3) is 0.667. The van der Waals surface area contributed by atoms with E-state index in [-0.39, 0.29) is 6.09 Å². The molecule has 0 N–H and O–H groups in total. The lowest BCUT2D eigenvalue weighted by molar-refractivity contribution is 0.0930. The van der Waals surface area contributed by atoms with Crippen molar-refractivity contribution in [2.75, 3.05) is 32.8 Å². The molecule has 2 rings (SSSR count). The first-order valence-electron chi connectivity index (χ1n) is 7.43. The molecule has 1 amide bonds. The Hall–Kier alpha value is -0.590. The standard InChI is InChI=1S/C15H23BrN2O2S/c1-12(2)11-20-15(19)18-7-3-6-17(8-9-18)10-13-4-5-14(16)21-13/h4-5,12H,3,6-11H2,1-2H3. The number of hydrogen-bond donors (Lipinski definition) is 0. The Morgan fingerprint density at radius 3 is 2.81 bits per heavy atom. The van der Waals surface area contributed by atoms with Gasteiger partial charge >= 0.3 is 6.09 Å². The highest BCUT2D eigenvalue weighted by atomic mass is 79.9. The molecule has 0 spiro atoms. The summed E-state index contributed by atoms with van der Waals surface area (Å²) < 4.78 is 6.49. The Labute approximate surface area is 139 Å². The number of rotatable bonds is 4. The first-order valence-corrected chi connectivity index (χ1v) is 9.04. The van der Waals surface area contributed by atoms with Crippen LogP contribution in [0.15, 0.2) is 15.9 Å². The number of thiophene rings is 1. The minimum absolute atomic E-state index is 0.163. The maximum atomic E-state index is 12.0. The predicted octanol–water partition coefficient (Wildman–Crippen LogP) is 3.81. The van der Waals surface area contributed by atoms with E-state index in [1.54, 1.807) is 11.3 Å². The molecule has 1 aromatic heterocycles. The van der Waals surface area contributed by atoms with Gasteiger partial charge in [-0.15, -0.1) is 11.3 Å². The van der Waals surface area contributed by atoms with E-state index in [2.05, 4.69) is 46.8 Å². The lowest BCUT2D eigenvalue weighted by atomic mass is 10.2. The van der Waals surface area contributed by atoms with Gasteiger partial charge in [-0.2, -0.15) is 0 Å². The Morgan fingerprint density at radius 1 is 1.33 bits per heavy atom. The van der Waals surface area contributed by atoms with Crippen molar-refractivity contribution < 1.29 is 9.53 Å². The zero-order chi connectivity index (χ0) is 15.2. The minimum Gasteiger partial charge on any atom is -0.449 e. The zero-order valence-corrected chi connectivity index (χ0v) is 15.1. The van der Waals surface area contributed by atoms with Gasteiger partial charge in [0.05, 0.1) is 10.4 Å². The van der Waals surface area contributed by atoms with Crippen molar-refractivity contribution >= 4 is 33.4 Å². The van der Waals surface area contributed by atoms with Gasteiger partial charge in [-0.1, -0.05) is 13.8 Å². The summed E-state index contributed by atoms with van der Waals surface area (Å²) >= 11 is 5.28. The summed E-state index contributed by atoms with van der Waals surface area (Å²) in [6.07, 6.45) is 0.841. The summed E-state index contributed by atoms with van der Waals surface area (Å²) in [5, 5.41) is 0. The summed E-state index contributed by atoms with van der Waals surface area (Å²) in [4.78, 5) is 17.6. The second kappa shape index (κ2) is 8.15. The van der Waals surface area contributed by atoms with Crippen LogP contribution in [-0.4, -0.2) is 48.7 Å². The molecule has 0 bridgehead atoms. The molecular formula is C15H23BrN2O2S. The average Bonchev–Trinajstić information content (AvgIpc) is 2.71. The van der Waals surface area contributed by atoms with Crippen molar-refractivity contribution in [1.82, 2.24) is 9.80 Å². The largest absolute Gasteiger partial charge is 0.449 e. The predicted molar refractivity (Wildman–Crippen MR) is 89.7 cm³/mol. The molecular weight excluding hydrogens is 352 g/mol. The van der Waals surface area contributed by atoms with E-state index in [1.165, 1.54) is 8.66 Å². The van der Waals surface area contributed by atoms with Crippen LogP contribution < -0.4 is 0 Å². The monoisotopic (exact) mass is 374 g/mol. The Bertz CT molecular complexity index is 464. The van der Waals surface area contributed by atoms with Crippen LogP contribution in [0.3, 0.4) is 0 Å². The first-order chi connectivity index (χ1) is 10.0. The van der Waals surface area contributed by atoms with Crippen LogP contribution in [0, 0.1) is 5.92 Å². The van der Waals surface area contributed by atoms with E-state index in [0.29, 0.717) is 12.5 Å². The molecule has 4 nitrogen and oxygen atoms in total. The third-order valence-electron chi connectivity index (χ3n) is 3.40. The van der Waals surface area contributed by atoms with Crippen molar-refractivity contribution in [2.45, 2.75) is 26.8 Å². The molecule has 0 atom stereocenters. The quantitative estimate of drug-likeness (QED) is 0.802. The van der Waals surface area contributed by atoms with E-state index >= 15 is 0 Å². The molecule has 1 saturated heterocycles. The lowest BCUT2D eigenvalue weighted by Gasteiger charge is -2.21. The Kier molecular flexibility index (Phi) is 6.51. The van der Waals surface area contributed by atoms with E-state index in [9.17, 15) is 4.79 Å². The van der Waals surface area contributed by atoms with Crippen molar-refractivity contribution in [3.63, 3.8) is 0 Å².